The molecule has 0 unspecified atom stereocenters. The van der Waals surface area contributed by atoms with Crippen LogP contribution in [-0.2, 0) is 7.05 Å². The molecule has 0 bridgehead atoms. The maximum Gasteiger partial charge on any atom is 0.345 e. The van der Waals surface area contributed by atoms with Crippen LogP contribution < -0.4 is 10.5 Å². The largest absolute Gasteiger partial charge is 0.505 e. The molecule has 0 spiro atoms. The summed E-state index contributed by atoms with van der Waals surface area (Å²) < 4.78 is 28.8. The van der Waals surface area contributed by atoms with E-state index in [1.807, 2.05) is 0 Å². The van der Waals surface area contributed by atoms with Crippen molar-refractivity contribution in [3.05, 3.63) is 51.5 Å². The second-order valence-electron chi connectivity index (χ2n) is 4.59. The van der Waals surface area contributed by atoms with Gasteiger partial charge in [0.2, 0.25) is 0 Å². The van der Waals surface area contributed by atoms with Gasteiger partial charge in [-0.2, -0.15) is 4.57 Å². The Morgan fingerprint density at radius 3 is 2.68 bits per heavy atom. The highest BCUT2D eigenvalue weighted by Gasteiger charge is 2.27. The summed E-state index contributed by atoms with van der Waals surface area (Å²) in [5.41, 5.74) is -1.39. The van der Waals surface area contributed by atoms with E-state index >= 15 is 0 Å². The van der Waals surface area contributed by atoms with Crippen LogP contribution in [0.4, 0.5) is 8.78 Å². The first-order valence-corrected chi connectivity index (χ1v) is 6.53. The molecule has 0 aliphatic heterocycles. The van der Waals surface area contributed by atoms with Gasteiger partial charge in [0.15, 0.2) is 11.3 Å². The normalized spacial score (nSPS) is 11.1. The van der Waals surface area contributed by atoms with E-state index < -0.39 is 39.1 Å². The number of halogens is 3. The summed E-state index contributed by atoms with van der Waals surface area (Å²) in [4.78, 5) is 19.1. The highest BCUT2D eigenvalue weighted by atomic mass is 35.5. The molecule has 5 nitrogen and oxygen atoms in total. The summed E-state index contributed by atoms with van der Waals surface area (Å²) >= 11 is 5.78. The number of H-pyrrole nitrogens is 1. The number of nitrogens with zero attached hydrogens (tertiary/aromatic N) is 2. The fraction of sp³-hybridized carbons (Fsp3) is 0.0714. The van der Waals surface area contributed by atoms with E-state index in [9.17, 15) is 18.7 Å². The number of aryl methyl sites for hydroxylation is 1. The van der Waals surface area contributed by atoms with Crippen LogP contribution in [0.1, 0.15) is 0 Å². The summed E-state index contributed by atoms with van der Waals surface area (Å²) in [6.45, 7) is 0. The molecule has 2 heterocycles. The van der Waals surface area contributed by atoms with Gasteiger partial charge in [-0.25, -0.2) is 23.5 Å². The van der Waals surface area contributed by atoms with Crippen molar-refractivity contribution in [1.82, 2.24) is 9.55 Å². The maximum absolute atomic E-state index is 14.1. The van der Waals surface area contributed by atoms with Crippen LogP contribution in [0.15, 0.2) is 29.3 Å². The first-order chi connectivity index (χ1) is 10.4. The number of aromatic amines is 1. The summed E-state index contributed by atoms with van der Waals surface area (Å²) in [5, 5.41) is 9.73. The third-order valence-electron chi connectivity index (χ3n) is 3.33. The Kier molecular flexibility index (Phi) is 3.29. The van der Waals surface area contributed by atoms with Gasteiger partial charge < -0.3 is 5.11 Å². The van der Waals surface area contributed by atoms with Gasteiger partial charge in [0.05, 0.1) is 23.8 Å². The summed E-state index contributed by atoms with van der Waals surface area (Å²) in [6, 6.07) is 1.68. The van der Waals surface area contributed by atoms with Gasteiger partial charge in [0.25, 0.3) is 0 Å². The Labute approximate surface area is 127 Å². The van der Waals surface area contributed by atoms with E-state index in [-0.39, 0.29) is 11.2 Å². The Morgan fingerprint density at radius 1 is 1.27 bits per heavy atom. The number of rotatable bonds is 1. The molecule has 22 heavy (non-hydrogen) atoms. The van der Waals surface area contributed by atoms with Crippen molar-refractivity contribution >= 4 is 22.8 Å². The lowest BCUT2D eigenvalue weighted by atomic mass is 10.0. The zero-order chi connectivity index (χ0) is 16.0. The Morgan fingerprint density at radius 2 is 1.95 bits per heavy atom. The highest BCUT2D eigenvalue weighted by Crippen LogP contribution is 2.37. The number of hydrogen-bond acceptors (Lipinski definition) is 3. The first kappa shape index (κ1) is 14.4. The molecule has 0 amide bonds. The van der Waals surface area contributed by atoms with Gasteiger partial charge in [0.1, 0.15) is 23.4 Å². The molecule has 0 saturated heterocycles. The van der Waals surface area contributed by atoms with Crippen LogP contribution in [0.25, 0.3) is 22.3 Å². The second kappa shape index (κ2) is 5.03. The number of aromatic hydroxyl groups is 1. The maximum atomic E-state index is 14.1. The van der Waals surface area contributed by atoms with Crippen LogP contribution >= 0.6 is 11.6 Å². The van der Waals surface area contributed by atoms with Crippen molar-refractivity contribution in [2.75, 3.05) is 0 Å². The van der Waals surface area contributed by atoms with Crippen LogP contribution in [0.3, 0.4) is 0 Å². The molecule has 112 valence electrons. The number of fused-ring (bicyclic) bond motifs is 1. The molecular formula is C14H9ClF2N3O2+. The monoisotopic (exact) mass is 324 g/mol. The van der Waals surface area contributed by atoms with Gasteiger partial charge >= 0.3 is 11.2 Å². The van der Waals surface area contributed by atoms with Crippen molar-refractivity contribution in [3.63, 3.8) is 0 Å². The van der Waals surface area contributed by atoms with Gasteiger partial charge in [-0.15, -0.1) is 0 Å². The lowest BCUT2D eigenvalue weighted by Gasteiger charge is -2.09. The first-order valence-electron chi connectivity index (χ1n) is 6.15. The van der Waals surface area contributed by atoms with E-state index in [1.54, 1.807) is 0 Å². The molecule has 3 aromatic rings. The van der Waals surface area contributed by atoms with Crippen LogP contribution in [0, 0.1) is 11.6 Å². The van der Waals surface area contributed by atoms with Gasteiger partial charge in [-0.3, -0.25) is 0 Å². The highest BCUT2D eigenvalue weighted by molar-refractivity contribution is 6.33. The van der Waals surface area contributed by atoms with Crippen molar-refractivity contribution in [2.45, 2.75) is 0 Å². The average Bonchev–Trinajstić information content (AvgIpc) is 2.52. The number of benzene rings is 1. The lowest BCUT2D eigenvalue weighted by molar-refractivity contribution is -0.350. The zero-order valence-electron chi connectivity index (χ0n) is 11.2. The molecule has 2 aromatic heterocycles. The van der Waals surface area contributed by atoms with Crippen LogP contribution in [-0.4, -0.2) is 14.7 Å². The van der Waals surface area contributed by atoms with Gasteiger partial charge in [-0.05, 0) is 12.1 Å². The molecular weight excluding hydrogens is 316 g/mol. The van der Waals surface area contributed by atoms with Crippen LogP contribution in [0.2, 0.25) is 5.02 Å². The van der Waals surface area contributed by atoms with Crippen molar-refractivity contribution < 1.29 is 18.9 Å². The Bertz CT molecular complexity index is 972. The van der Waals surface area contributed by atoms with Crippen molar-refractivity contribution in [1.29, 1.82) is 0 Å². The smallest absolute Gasteiger partial charge is 0.345 e. The number of aromatic nitrogens is 3. The third-order valence-corrected chi connectivity index (χ3v) is 3.70. The van der Waals surface area contributed by atoms with Crippen LogP contribution in [0.5, 0.6) is 5.75 Å². The standard InChI is InChI=1S/C14H8ClF2N3O2/c1-20-13-11(18-4-5-19-13)12(21)9(14(20)22)8-6(16)2-3-7(17)10(8)15/h2-5,21H,1H3/p+1. The molecule has 0 aliphatic rings. The summed E-state index contributed by atoms with van der Waals surface area (Å²) in [7, 11) is 1.41. The number of nitrogens with one attached hydrogen (secondary N) is 1. The van der Waals surface area contributed by atoms with Crippen molar-refractivity contribution in [2.24, 2.45) is 7.05 Å². The number of pyridine rings is 1. The minimum atomic E-state index is -0.918. The SMILES string of the molecule is Cn1c(=O)c(-c2c(F)ccc(F)c2Cl)c(O)c2ncc[nH+]c21. The second-order valence-corrected chi connectivity index (χ2v) is 4.97. The fourth-order valence-electron chi connectivity index (χ4n) is 2.26. The summed E-state index contributed by atoms with van der Waals surface area (Å²) in [6.07, 6.45) is 2.83. The topological polar surface area (TPSA) is 69.3 Å². The minimum Gasteiger partial charge on any atom is -0.505 e. The van der Waals surface area contributed by atoms with E-state index in [2.05, 4.69) is 9.97 Å². The zero-order valence-corrected chi connectivity index (χ0v) is 11.9. The lowest BCUT2D eigenvalue weighted by Crippen LogP contribution is -2.25. The molecule has 3 rings (SSSR count). The summed E-state index contributed by atoms with van der Waals surface area (Å²) in [5.74, 6) is -2.38. The average molecular weight is 325 g/mol. The molecule has 8 heteroatoms. The Hall–Kier alpha value is -2.54. The van der Waals surface area contributed by atoms with E-state index in [1.165, 1.54) is 19.4 Å². The quantitative estimate of drug-likeness (QED) is 0.697. The minimum absolute atomic E-state index is 0.0410. The van der Waals surface area contributed by atoms with E-state index in [0.29, 0.717) is 0 Å². The molecule has 2 N–H and O–H groups in total. The fourth-order valence-corrected chi connectivity index (χ4v) is 2.50. The predicted octanol–water partition coefficient (Wildman–Crippen LogP) is 2.05. The third kappa shape index (κ3) is 1.93. The molecule has 0 aliphatic carbocycles. The molecule has 1 aromatic carbocycles. The predicted molar refractivity (Wildman–Crippen MR) is 75.6 cm³/mol. The van der Waals surface area contributed by atoms with Crippen molar-refractivity contribution in [3.8, 4) is 16.9 Å². The molecule has 0 fully saturated rings. The molecule has 0 atom stereocenters. The molecule has 0 radical (unpaired) electrons. The van der Waals surface area contributed by atoms with Gasteiger partial charge in [-0.1, -0.05) is 11.6 Å². The van der Waals surface area contributed by atoms with Gasteiger partial charge in [0, 0.05) is 0 Å². The molecule has 0 saturated carbocycles. The Balaban J connectivity index is 2.53. The number of hydrogen-bond donors (Lipinski definition) is 1. The van der Waals surface area contributed by atoms with E-state index in [0.717, 1.165) is 16.7 Å². The van der Waals surface area contributed by atoms with E-state index in [4.69, 9.17) is 11.6 Å².